The number of amides is 1. The first-order valence-corrected chi connectivity index (χ1v) is 38.1. The Hall–Kier alpha value is -2.64. The van der Waals surface area contributed by atoms with Crippen LogP contribution in [0.1, 0.15) is 361 Å². The Balaban J connectivity index is 1.90. The van der Waals surface area contributed by atoms with E-state index in [9.17, 15) is 35.1 Å². The number of carbonyl (C=O) groups is 2. The summed E-state index contributed by atoms with van der Waals surface area (Å²) in [7, 11) is 0. The van der Waals surface area contributed by atoms with Crippen molar-refractivity contribution in [2.24, 2.45) is 0 Å². The van der Waals surface area contributed by atoms with Gasteiger partial charge in [0.25, 0.3) is 0 Å². The van der Waals surface area contributed by atoms with Gasteiger partial charge in [0.05, 0.1) is 32.0 Å². The molecule has 11 heteroatoms. The Morgan fingerprint density at radius 1 is 0.416 bits per heavy atom. The van der Waals surface area contributed by atoms with Crippen molar-refractivity contribution >= 4 is 11.9 Å². The van der Waals surface area contributed by atoms with E-state index in [0.29, 0.717) is 19.4 Å². The molecule has 7 atom stereocenters. The summed E-state index contributed by atoms with van der Waals surface area (Å²) in [6.45, 7) is 4.33. The molecule has 1 saturated heterocycles. The number of carbonyl (C=O) groups excluding carboxylic acids is 2. The molecular weight excluding hydrogens is 1110 g/mol. The van der Waals surface area contributed by atoms with E-state index in [-0.39, 0.29) is 18.5 Å². The quantitative estimate of drug-likeness (QED) is 0.0195. The number of hydrogen-bond donors (Lipinski definition) is 6. The fourth-order valence-electron chi connectivity index (χ4n) is 11.9. The molecule has 1 amide bonds. The van der Waals surface area contributed by atoms with Gasteiger partial charge in [0.1, 0.15) is 24.4 Å². The van der Waals surface area contributed by atoms with Crippen LogP contribution >= 0.6 is 0 Å². The molecule has 6 N–H and O–H groups in total. The molecule has 0 radical (unpaired) electrons. The van der Waals surface area contributed by atoms with Gasteiger partial charge >= 0.3 is 5.97 Å². The van der Waals surface area contributed by atoms with Crippen LogP contribution in [-0.2, 0) is 23.8 Å². The number of nitrogens with one attached hydrogen (secondary N) is 1. The maximum Gasteiger partial charge on any atom is 0.305 e. The number of aliphatic hydroxyl groups excluding tert-OH is 5. The molecule has 0 saturated carbocycles. The monoisotopic (exact) mass is 1250 g/mol. The van der Waals surface area contributed by atoms with Gasteiger partial charge in [-0.15, -0.1) is 0 Å². The molecule has 7 unspecified atom stereocenters. The highest BCUT2D eigenvalue weighted by Gasteiger charge is 2.44. The molecule has 0 aromatic carbocycles. The van der Waals surface area contributed by atoms with Gasteiger partial charge in [0.2, 0.25) is 5.91 Å². The van der Waals surface area contributed by atoms with Crippen molar-refractivity contribution in [2.75, 3.05) is 19.8 Å². The molecule has 0 aromatic heterocycles. The number of esters is 1. The number of rotatable bonds is 67. The lowest BCUT2D eigenvalue weighted by Crippen LogP contribution is -2.60. The van der Waals surface area contributed by atoms with E-state index in [4.69, 9.17) is 14.2 Å². The smallest absolute Gasteiger partial charge is 0.305 e. The first kappa shape index (κ1) is 84.4. The average molecular weight is 1250 g/mol. The third-order valence-electron chi connectivity index (χ3n) is 17.8. The number of allylic oxidation sites excluding steroid dienone is 9. The Bertz CT molecular complexity index is 1660. The highest BCUT2D eigenvalue weighted by molar-refractivity contribution is 5.76. The summed E-state index contributed by atoms with van der Waals surface area (Å²) in [6.07, 6.45) is 79.6. The largest absolute Gasteiger partial charge is 0.466 e. The Morgan fingerprint density at radius 2 is 0.753 bits per heavy atom. The van der Waals surface area contributed by atoms with E-state index in [1.54, 1.807) is 6.08 Å². The highest BCUT2D eigenvalue weighted by atomic mass is 16.7. The van der Waals surface area contributed by atoms with E-state index in [2.05, 4.69) is 67.8 Å². The minimum atomic E-state index is -1.57. The summed E-state index contributed by atoms with van der Waals surface area (Å²) < 4.78 is 16.7. The second kappa shape index (κ2) is 66.8. The van der Waals surface area contributed by atoms with Crippen LogP contribution in [0.3, 0.4) is 0 Å². The second-order valence-electron chi connectivity index (χ2n) is 26.3. The summed E-state index contributed by atoms with van der Waals surface area (Å²) in [5, 5.41) is 54.4. The predicted molar refractivity (Wildman–Crippen MR) is 375 cm³/mol. The van der Waals surface area contributed by atoms with Crippen LogP contribution in [-0.4, -0.2) is 100 Å². The SMILES string of the molecule is CCCCCC/C=C\C/C=C\CCCCCCCC(=O)OCCCCCCCCCCCCC/C=C\C/C=C\CCCCCCCCCCCCCCCCCCCC(=O)NC(COC1OC(CO)C(O)C(O)C1O)C(O)/C=C/CCCCCCCCCC. The Kier molecular flexibility index (Phi) is 63.3. The maximum absolute atomic E-state index is 13.0. The van der Waals surface area contributed by atoms with Crippen molar-refractivity contribution in [1.29, 1.82) is 0 Å². The molecule has 0 spiro atoms. The summed E-state index contributed by atoms with van der Waals surface area (Å²) in [4.78, 5) is 25.1. The van der Waals surface area contributed by atoms with E-state index >= 15 is 0 Å². The van der Waals surface area contributed by atoms with Crippen LogP contribution in [0.2, 0.25) is 0 Å². The standard InChI is InChI=1S/C78H143NO10/c1-3-5-7-9-11-13-15-16-17-40-43-46-50-54-58-62-66-74(83)87-67-63-59-55-51-47-44-41-38-36-34-32-30-28-26-24-22-20-18-19-21-23-25-27-29-31-33-35-37-39-42-45-49-53-57-61-65-73(82)79-70(69-88-78-77(86)76(85)75(84)72(68-80)89-78)71(81)64-60-56-52-48-14-12-10-8-6-4-2/h13,15,17,20,22,26,28,40,60,64,70-72,75-78,80-81,84-86H,3-12,14,16,18-19,21,23-25,27,29-39,41-59,61-63,65-69H2,1-2H3,(H,79,82)/b15-13-,22-20-,28-26-,40-17-,64-60+. The van der Waals surface area contributed by atoms with Gasteiger partial charge in [0, 0.05) is 12.8 Å². The van der Waals surface area contributed by atoms with Gasteiger partial charge < -0.3 is 45.1 Å². The molecule has 0 aliphatic carbocycles. The normalized spacial score (nSPS) is 18.0. The van der Waals surface area contributed by atoms with Gasteiger partial charge in [-0.1, -0.05) is 312 Å². The first-order chi connectivity index (χ1) is 43.7. The van der Waals surface area contributed by atoms with Gasteiger partial charge in [-0.05, 0) is 96.3 Å². The Morgan fingerprint density at radius 3 is 1.15 bits per heavy atom. The zero-order chi connectivity index (χ0) is 64.4. The lowest BCUT2D eigenvalue weighted by Gasteiger charge is -2.40. The third-order valence-corrected chi connectivity index (χ3v) is 17.8. The average Bonchev–Trinajstić information content (AvgIpc) is 1.94. The number of aliphatic hydroxyl groups is 5. The van der Waals surface area contributed by atoms with Crippen LogP contribution < -0.4 is 5.32 Å². The lowest BCUT2D eigenvalue weighted by molar-refractivity contribution is -0.302. The van der Waals surface area contributed by atoms with Gasteiger partial charge in [-0.25, -0.2) is 0 Å². The van der Waals surface area contributed by atoms with Crippen molar-refractivity contribution in [1.82, 2.24) is 5.32 Å². The summed E-state index contributed by atoms with van der Waals surface area (Å²) in [5.74, 6) is -0.183. The Labute approximate surface area is 548 Å². The molecule has 520 valence electrons. The number of ether oxygens (including phenoxy) is 3. The van der Waals surface area contributed by atoms with Crippen LogP contribution in [0, 0.1) is 0 Å². The molecule has 1 heterocycles. The molecule has 89 heavy (non-hydrogen) atoms. The van der Waals surface area contributed by atoms with Crippen LogP contribution in [0.15, 0.2) is 60.8 Å². The summed E-state index contributed by atoms with van der Waals surface area (Å²) in [6, 6.07) is -0.808. The number of hydrogen-bond acceptors (Lipinski definition) is 10. The third kappa shape index (κ3) is 55.5. The molecule has 0 aromatic rings. The van der Waals surface area contributed by atoms with Gasteiger partial charge in [-0.2, -0.15) is 0 Å². The fourth-order valence-corrected chi connectivity index (χ4v) is 11.9. The zero-order valence-electron chi connectivity index (χ0n) is 57.9. The molecule has 1 fully saturated rings. The summed E-state index contributed by atoms with van der Waals surface area (Å²) in [5.41, 5.74) is 0. The van der Waals surface area contributed by atoms with Crippen molar-refractivity contribution < 1.29 is 49.3 Å². The van der Waals surface area contributed by atoms with Crippen LogP contribution in [0.4, 0.5) is 0 Å². The molecule has 11 nitrogen and oxygen atoms in total. The lowest BCUT2D eigenvalue weighted by atomic mass is 9.99. The topological polar surface area (TPSA) is 175 Å². The molecule has 1 aliphatic rings. The number of unbranched alkanes of at least 4 members (excludes halogenated alkanes) is 45. The molecule has 1 aliphatic heterocycles. The molecule has 0 bridgehead atoms. The van der Waals surface area contributed by atoms with E-state index in [1.165, 1.54) is 263 Å². The van der Waals surface area contributed by atoms with Crippen LogP contribution in [0.5, 0.6) is 0 Å². The van der Waals surface area contributed by atoms with E-state index in [0.717, 1.165) is 70.6 Å². The molecule has 1 rings (SSSR count). The van der Waals surface area contributed by atoms with Crippen LogP contribution in [0.25, 0.3) is 0 Å². The molecular formula is C78H143NO10. The second-order valence-corrected chi connectivity index (χ2v) is 26.3. The minimum absolute atomic E-state index is 0.00347. The minimum Gasteiger partial charge on any atom is -0.466 e. The predicted octanol–water partition coefficient (Wildman–Crippen LogP) is 20.1. The van der Waals surface area contributed by atoms with Gasteiger partial charge in [-0.3, -0.25) is 9.59 Å². The van der Waals surface area contributed by atoms with Gasteiger partial charge in [0.15, 0.2) is 6.29 Å². The zero-order valence-corrected chi connectivity index (χ0v) is 57.9. The first-order valence-electron chi connectivity index (χ1n) is 38.1. The fraction of sp³-hybridized carbons (Fsp3) is 0.846. The van der Waals surface area contributed by atoms with Crippen molar-refractivity contribution in [3.63, 3.8) is 0 Å². The van der Waals surface area contributed by atoms with Crippen molar-refractivity contribution in [3.8, 4) is 0 Å². The van der Waals surface area contributed by atoms with Crippen molar-refractivity contribution in [2.45, 2.75) is 403 Å². The highest BCUT2D eigenvalue weighted by Crippen LogP contribution is 2.23. The maximum atomic E-state index is 13.0. The van der Waals surface area contributed by atoms with E-state index < -0.39 is 49.5 Å². The summed E-state index contributed by atoms with van der Waals surface area (Å²) >= 11 is 0. The van der Waals surface area contributed by atoms with Crippen molar-refractivity contribution in [3.05, 3.63) is 60.8 Å². The van der Waals surface area contributed by atoms with E-state index in [1.807, 2.05) is 6.08 Å².